The van der Waals surface area contributed by atoms with Gasteiger partial charge < -0.3 is 9.47 Å². The Labute approximate surface area is 93.8 Å². The van der Waals surface area contributed by atoms with Gasteiger partial charge in [-0.3, -0.25) is 4.89 Å². The van der Waals surface area contributed by atoms with Gasteiger partial charge in [-0.05, 0) is 19.1 Å². The van der Waals surface area contributed by atoms with E-state index in [1.54, 1.807) is 25.1 Å². The van der Waals surface area contributed by atoms with Gasteiger partial charge in [0.1, 0.15) is 5.56 Å². The first kappa shape index (κ1) is 12.3. The second-order valence-electron chi connectivity index (χ2n) is 2.82. The predicted octanol–water partition coefficient (Wildman–Crippen LogP) is 1.81. The summed E-state index contributed by atoms with van der Waals surface area (Å²) in [5.41, 5.74) is 0.260. The first-order valence-electron chi connectivity index (χ1n) is 4.79. The molecule has 0 saturated heterocycles. The first-order valence-corrected chi connectivity index (χ1v) is 4.79. The van der Waals surface area contributed by atoms with E-state index in [0.717, 1.165) is 0 Å². The Morgan fingerprint density at radius 1 is 1.25 bits per heavy atom. The van der Waals surface area contributed by atoms with Crippen molar-refractivity contribution in [2.75, 3.05) is 20.8 Å². The van der Waals surface area contributed by atoms with Crippen LogP contribution in [0.4, 0.5) is 0 Å². The SMILES string of the molecule is CCOOC(=O)c1cccc(OC)c1OC. The number of ether oxygens (including phenoxy) is 2. The van der Waals surface area contributed by atoms with Gasteiger partial charge in [0.05, 0.1) is 20.8 Å². The van der Waals surface area contributed by atoms with Crippen LogP contribution in [-0.2, 0) is 9.78 Å². The van der Waals surface area contributed by atoms with Crippen LogP contribution >= 0.6 is 0 Å². The fraction of sp³-hybridized carbons (Fsp3) is 0.364. The van der Waals surface area contributed by atoms with E-state index in [9.17, 15) is 4.79 Å². The van der Waals surface area contributed by atoms with Gasteiger partial charge in [0.2, 0.25) is 0 Å². The number of hydrogen-bond acceptors (Lipinski definition) is 5. The largest absolute Gasteiger partial charge is 0.493 e. The normalized spacial score (nSPS) is 9.69. The smallest absolute Gasteiger partial charge is 0.376 e. The van der Waals surface area contributed by atoms with Crippen molar-refractivity contribution < 1.29 is 24.0 Å². The van der Waals surface area contributed by atoms with E-state index < -0.39 is 5.97 Å². The fourth-order valence-electron chi connectivity index (χ4n) is 1.21. The quantitative estimate of drug-likeness (QED) is 0.566. The third kappa shape index (κ3) is 2.64. The van der Waals surface area contributed by atoms with E-state index in [1.165, 1.54) is 14.2 Å². The molecule has 0 amide bonds. The Bertz CT molecular complexity index is 361. The summed E-state index contributed by atoms with van der Waals surface area (Å²) in [6.07, 6.45) is 0. The Morgan fingerprint density at radius 3 is 2.56 bits per heavy atom. The Kier molecular flexibility index (Phi) is 4.60. The van der Waals surface area contributed by atoms with Crippen molar-refractivity contribution in [1.82, 2.24) is 0 Å². The molecule has 0 fully saturated rings. The number of carbonyl (C=O) groups excluding carboxylic acids is 1. The molecule has 0 atom stereocenters. The number of carbonyl (C=O) groups is 1. The van der Waals surface area contributed by atoms with Crippen molar-refractivity contribution in [2.24, 2.45) is 0 Å². The lowest BCUT2D eigenvalue weighted by Gasteiger charge is -2.10. The highest BCUT2D eigenvalue weighted by Crippen LogP contribution is 2.30. The third-order valence-electron chi connectivity index (χ3n) is 1.88. The maximum Gasteiger partial charge on any atom is 0.376 e. The minimum atomic E-state index is -0.613. The van der Waals surface area contributed by atoms with E-state index >= 15 is 0 Å². The van der Waals surface area contributed by atoms with E-state index in [4.69, 9.17) is 9.47 Å². The average Bonchev–Trinajstić information content (AvgIpc) is 2.34. The standard InChI is InChI=1S/C11H14O5/c1-4-15-16-11(12)8-6-5-7-9(13-2)10(8)14-3/h5-7H,4H2,1-3H3. The maximum absolute atomic E-state index is 11.6. The molecule has 0 aliphatic carbocycles. The fourth-order valence-corrected chi connectivity index (χ4v) is 1.21. The lowest BCUT2D eigenvalue weighted by molar-refractivity contribution is -0.237. The molecule has 0 aromatic heterocycles. The Hall–Kier alpha value is -1.75. The molecule has 5 nitrogen and oxygen atoms in total. The molecule has 0 spiro atoms. The summed E-state index contributed by atoms with van der Waals surface area (Å²) in [4.78, 5) is 20.7. The van der Waals surface area contributed by atoms with Crippen molar-refractivity contribution in [1.29, 1.82) is 0 Å². The van der Waals surface area contributed by atoms with Crippen LogP contribution in [-0.4, -0.2) is 26.8 Å². The topological polar surface area (TPSA) is 54.0 Å². The first-order chi connectivity index (χ1) is 7.74. The van der Waals surface area contributed by atoms with Gasteiger partial charge in [-0.25, -0.2) is 4.79 Å². The highest BCUT2D eigenvalue weighted by molar-refractivity contribution is 5.93. The van der Waals surface area contributed by atoms with Crippen LogP contribution in [0.2, 0.25) is 0 Å². The summed E-state index contributed by atoms with van der Waals surface area (Å²) >= 11 is 0. The highest BCUT2D eigenvalue weighted by Gasteiger charge is 2.18. The van der Waals surface area contributed by atoms with Crippen molar-refractivity contribution in [3.05, 3.63) is 23.8 Å². The lowest BCUT2D eigenvalue weighted by atomic mass is 10.2. The Morgan fingerprint density at radius 2 is 2.00 bits per heavy atom. The zero-order chi connectivity index (χ0) is 12.0. The number of rotatable bonds is 5. The van der Waals surface area contributed by atoms with Gasteiger partial charge in [0.25, 0.3) is 0 Å². The second kappa shape index (κ2) is 5.97. The van der Waals surface area contributed by atoms with Crippen LogP contribution in [0.25, 0.3) is 0 Å². The molecule has 16 heavy (non-hydrogen) atoms. The number of hydrogen-bond donors (Lipinski definition) is 0. The zero-order valence-electron chi connectivity index (χ0n) is 9.48. The summed E-state index contributed by atoms with van der Waals surface area (Å²) in [5, 5.41) is 0. The van der Waals surface area contributed by atoms with Crippen molar-refractivity contribution in [3.63, 3.8) is 0 Å². The number of methoxy groups -OCH3 is 2. The summed E-state index contributed by atoms with van der Waals surface area (Å²) < 4.78 is 10.1. The highest BCUT2D eigenvalue weighted by atomic mass is 17.2. The number of benzene rings is 1. The molecule has 5 heteroatoms. The van der Waals surface area contributed by atoms with Gasteiger partial charge in [0, 0.05) is 0 Å². The summed E-state index contributed by atoms with van der Waals surface area (Å²) in [6, 6.07) is 4.93. The molecule has 0 bridgehead atoms. The van der Waals surface area contributed by atoms with Gasteiger partial charge in [-0.1, -0.05) is 6.07 Å². The van der Waals surface area contributed by atoms with Crippen LogP contribution in [0.3, 0.4) is 0 Å². The average molecular weight is 226 g/mol. The zero-order valence-corrected chi connectivity index (χ0v) is 9.48. The maximum atomic E-state index is 11.6. The van der Waals surface area contributed by atoms with E-state index in [-0.39, 0.29) is 12.2 Å². The molecule has 0 unspecified atom stereocenters. The molecular formula is C11H14O5. The van der Waals surface area contributed by atoms with Gasteiger partial charge in [-0.2, -0.15) is 4.89 Å². The van der Waals surface area contributed by atoms with Crippen LogP contribution < -0.4 is 9.47 Å². The van der Waals surface area contributed by atoms with Crippen molar-refractivity contribution >= 4 is 5.97 Å². The van der Waals surface area contributed by atoms with Gasteiger partial charge >= 0.3 is 5.97 Å². The summed E-state index contributed by atoms with van der Waals surface area (Å²) in [6.45, 7) is 2.01. The molecule has 88 valence electrons. The van der Waals surface area contributed by atoms with Crippen molar-refractivity contribution in [3.8, 4) is 11.5 Å². The monoisotopic (exact) mass is 226 g/mol. The van der Waals surface area contributed by atoms with Gasteiger partial charge in [-0.15, -0.1) is 0 Å². The van der Waals surface area contributed by atoms with E-state index in [1.807, 2.05) is 0 Å². The molecule has 0 heterocycles. The summed E-state index contributed by atoms with van der Waals surface area (Å²) in [7, 11) is 2.95. The number of para-hydroxylation sites is 1. The molecular weight excluding hydrogens is 212 g/mol. The van der Waals surface area contributed by atoms with Crippen molar-refractivity contribution in [2.45, 2.75) is 6.92 Å². The molecule has 0 aliphatic heterocycles. The minimum absolute atomic E-state index is 0.260. The van der Waals surface area contributed by atoms with Crippen LogP contribution in [0.5, 0.6) is 11.5 Å². The minimum Gasteiger partial charge on any atom is -0.493 e. The molecule has 0 saturated carbocycles. The second-order valence-corrected chi connectivity index (χ2v) is 2.82. The Balaban J connectivity index is 2.98. The molecule has 0 aliphatic rings. The van der Waals surface area contributed by atoms with E-state index in [0.29, 0.717) is 11.5 Å². The molecule has 1 rings (SSSR count). The molecule has 1 aromatic rings. The van der Waals surface area contributed by atoms with Crippen LogP contribution in [0.15, 0.2) is 18.2 Å². The molecule has 1 aromatic carbocycles. The van der Waals surface area contributed by atoms with Crippen LogP contribution in [0.1, 0.15) is 17.3 Å². The van der Waals surface area contributed by atoms with E-state index in [2.05, 4.69) is 9.78 Å². The summed E-state index contributed by atoms with van der Waals surface area (Å²) in [5.74, 6) is 0.181. The lowest BCUT2D eigenvalue weighted by Crippen LogP contribution is -2.08. The third-order valence-corrected chi connectivity index (χ3v) is 1.88. The molecule has 0 N–H and O–H groups in total. The molecule has 0 radical (unpaired) electrons. The van der Waals surface area contributed by atoms with Gasteiger partial charge in [0.15, 0.2) is 11.5 Å². The van der Waals surface area contributed by atoms with Crippen LogP contribution in [0, 0.1) is 0 Å². The predicted molar refractivity (Wildman–Crippen MR) is 56.6 cm³/mol.